The number of nitrogens with one attached hydrogen (secondary N) is 3. The highest BCUT2D eigenvalue weighted by Crippen LogP contribution is 2.45. The van der Waals surface area contributed by atoms with Crippen molar-refractivity contribution in [3.05, 3.63) is 107 Å². The average Bonchev–Trinajstić information content (AvgIpc) is 3.71. The Balaban J connectivity index is 1.05. The van der Waals surface area contributed by atoms with Crippen LogP contribution in [0.1, 0.15) is 56.1 Å². The second-order valence-corrected chi connectivity index (χ2v) is 14.4. The molecule has 52 heavy (non-hydrogen) atoms. The Bertz CT molecular complexity index is 2080. The number of nitrogens with two attached hydrogens (primary N) is 2. The van der Waals surface area contributed by atoms with Crippen molar-refractivity contribution in [2.24, 2.45) is 11.5 Å². The summed E-state index contributed by atoms with van der Waals surface area (Å²) >= 11 is 1.79. The quantitative estimate of drug-likeness (QED) is 0.0630. The van der Waals surface area contributed by atoms with Crippen molar-refractivity contribution >= 4 is 63.1 Å². The molecule has 5 aromatic rings. The molecule has 3 amide bonds. The Labute approximate surface area is 309 Å². The minimum Gasteiger partial charge on any atom is -0.368 e. The van der Waals surface area contributed by atoms with E-state index in [1.807, 2.05) is 30.5 Å². The van der Waals surface area contributed by atoms with E-state index in [0.29, 0.717) is 32.2 Å². The second-order valence-electron chi connectivity index (χ2n) is 13.3. The molecule has 10 nitrogen and oxygen atoms in total. The molecular weight excluding hydrogens is 671 g/mol. The van der Waals surface area contributed by atoms with Crippen LogP contribution in [-0.4, -0.2) is 48.4 Å². The topological polar surface area (TPSA) is 150 Å². The SMILES string of the molecule is CN1C(=Cc2cc[n+](CCCCCC(=O)N[C@@H](Cc3c[nH]c4ccccc34)C(=O)N[C@@H](CCCCN)C(N)=O)c3ccccc23)Sc2ccccc21. The molecular formula is C41H48N7O3S+. The number of anilines is 1. The number of H-pyrrole nitrogens is 1. The first-order valence-corrected chi connectivity index (χ1v) is 18.9. The molecule has 7 N–H and O–H groups in total. The van der Waals surface area contributed by atoms with Crippen molar-refractivity contribution in [1.82, 2.24) is 15.6 Å². The lowest BCUT2D eigenvalue weighted by molar-refractivity contribution is -0.671. The second kappa shape index (κ2) is 17.4. The number of primary amides is 1. The standard InChI is InChI=1S/C41H47N7O3S/c1-47-36-18-8-9-19-37(36)52-39(47)26-28-21-24-48(35-17-7-5-14-31(28)35)23-12-2-3-20-38(49)45-34(25-29-27-44-32-15-6-4-13-30(29)32)41(51)46-33(40(43)50)16-10-11-22-42/h4-9,13-15,17-19,21,24,26-27,33-34,44H,2-3,10-12,16,20,22-23,25,42H2,1H3,(H3-,43,45,46,49,50,51)/p+1/t33-,34-/m0/s1. The number of pyridine rings is 1. The van der Waals surface area contributed by atoms with E-state index < -0.39 is 23.9 Å². The number of para-hydroxylation sites is 3. The molecule has 0 aliphatic carbocycles. The number of aryl methyl sites for hydroxylation is 1. The summed E-state index contributed by atoms with van der Waals surface area (Å²) in [7, 11) is 2.11. The maximum Gasteiger partial charge on any atom is 0.243 e. The van der Waals surface area contributed by atoms with Crippen molar-refractivity contribution in [1.29, 1.82) is 0 Å². The molecule has 0 bridgehead atoms. The first-order valence-electron chi connectivity index (χ1n) is 18.1. The predicted molar refractivity (Wildman–Crippen MR) is 209 cm³/mol. The van der Waals surface area contributed by atoms with Crippen LogP contribution >= 0.6 is 11.8 Å². The number of aromatic amines is 1. The van der Waals surface area contributed by atoms with Crippen LogP contribution in [0.2, 0.25) is 0 Å². The van der Waals surface area contributed by atoms with E-state index in [1.54, 1.807) is 11.8 Å². The average molecular weight is 719 g/mol. The van der Waals surface area contributed by atoms with Crippen LogP contribution in [0.25, 0.3) is 27.9 Å². The van der Waals surface area contributed by atoms with Gasteiger partial charge in [-0.3, -0.25) is 14.4 Å². The normalized spacial score (nSPS) is 14.4. The lowest BCUT2D eigenvalue weighted by Crippen LogP contribution is -2.53. The van der Waals surface area contributed by atoms with Crippen molar-refractivity contribution in [3.8, 4) is 0 Å². The minimum atomic E-state index is -0.866. The molecule has 6 rings (SSSR count). The van der Waals surface area contributed by atoms with Gasteiger partial charge in [-0.15, -0.1) is 0 Å². The lowest BCUT2D eigenvalue weighted by atomic mass is 10.0. The number of fused-ring (bicyclic) bond motifs is 3. The number of benzene rings is 3. The fraction of sp³-hybridized carbons (Fsp3) is 0.317. The number of amides is 3. The summed E-state index contributed by atoms with van der Waals surface area (Å²) < 4.78 is 2.28. The zero-order valence-corrected chi connectivity index (χ0v) is 30.5. The molecule has 270 valence electrons. The molecule has 1 aliphatic rings. The summed E-state index contributed by atoms with van der Waals surface area (Å²) in [5.74, 6) is -1.24. The number of nitrogens with zero attached hydrogens (tertiary/aromatic N) is 2. The van der Waals surface area contributed by atoms with E-state index in [-0.39, 0.29) is 12.3 Å². The number of hydrogen-bond acceptors (Lipinski definition) is 6. The highest BCUT2D eigenvalue weighted by atomic mass is 32.2. The fourth-order valence-corrected chi connectivity index (χ4v) is 7.90. The molecule has 3 aromatic carbocycles. The molecule has 0 fully saturated rings. The van der Waals surface area contributed by atoms with E-state index in [9.17, 15) is 14.4 Å². The Morgan fingerprint density at radius 3 is 2.46 bits per heavy atom. The van der Waals surface area contributed by atoms with Crippen LogP contribution in [0.3, 0.4) is 0 Å². The minimum absolute atomic E-state index is 0.203. The molecule has 0 saturated heterocycles. The summed E-state index contributed by atoms with van der Waals surface area (Å²) in [6.07, 6.45) is 11.0. The van der Waals surface area contributed by atoms with Gasteiger partial charge in [-0.25, -0.2) is 0 Å². The van der Waals surface area contributed by atoms with Crippen LogP contribution in [0.5, 0.6) is 0 Å². The van der Waals surface area contributed by atoms with Crippen molar-refractivity contribution in [2.75, 3.05) is 18.5 Å². The van der Waals surface area contributed by atoms with Gasteiger partial charge in [0.15, 0.2) is 6.20 Å². The lowest BCUT2D eigenvalue weighted by Gasteiger charge is -2.22. The highest BCUT2D eigenvalue weighted by molar-refractivity contribution is 8.03. The number of carbonyl (C=O) groups excluding carboxylic acids is 3. The van der Waals surface area contributed by atoms with Crippen molar-refractivity contribution in [3.63, 3.8) is 0 Å². The van der Waals surface area contributed by atoms with E-state index in [2.05, 4.69) is 99.0 Å². The number of rotatable bonds is 17. The molecule has 11 heteroatoms. The summed E-state index contributed by atoms with van der Waals surface area (Å²) in [5.41, 5.74) is 16.7. The van der Waals surface area contributed by atoms with Gasteiger partial charge in [-0.2, -0.15) is 4.57 Å². The monoisotopic (exact) mass is 718 g/mol. The molecule has 3 heterocycles. The summed E-state index contributed by atoms with van der Waals surface area (Å²) in [6.45, 7) is 1.31. The van der Waals surface area contributed by atoms with E-state index in [0.717, 1.165) is 42.3 Å². The van der Waals surface area contributed by atoms with Gasteiger partial charge in [0.25, 0.3) is 0 Å². The zero-order valence-electron chi connectivity index (χ0n) is 29.6. The molecule has 2 atom stereocenters. The maximum absolute atomic E-state index is 13.5. The molecule has 0 unspecified atom stereocenters. The van der Waals surface area contributed by atoms with Gasteiger partial charge in [0.2, 0.25) is 23.2 Å². The van der Waals surface area contributed by atoms with Gasteiger partial charge in [0, 0.05) is 60.4 Å². The third-order valence-corrected chi connectivity index (χ3v) is 10.8. The molecule has 2 aromatic heterocycles. The van der Waals surface area contributed by atoms with Gasteiger partial charge >= 0.3 is 0 Å². The first-order chi connectivity index (χ1) is 25.3. The van der Waals surface area contributed by atoms with Crippen molar-refractivity contribution < 1.29 is 19.0 Å². The fourth-order valence-electron chi connectivity index (χ4n) is 6.80. The van der Waals surface area contributed by atoms with Crippen LogP contribution in [-0.2, 0) is 27.3 Å². The first kappa shape index (κ1) is 36.7. The van der Waals surface area contributed by atoms with E-state index in [4.69, 9.17) is 11.5 Å². The van der Waals surface area contributed by atoms with Gasteiger partial charge in [-0.1, -0.05) is 54.2 Å². The third kappa shape index (κ3) is 8.83. The Morgan fingerprint density at radius 2 is 1.65 bits per heavy atom. The number of aromatic nitrogens is 2. The molecule has 1 aliphatic heterocycles. The van der Waals surface area contributed by atoms with Gasteiger partial charge < -0.3 is 32.0 Å². The zero-order chi connectivity index (χ0) is 36.5. The number of thioether (sulfide) groups is 1. The molecule has 0 radical (unpaired) electrons. The Morgan fingerprint density at radius 1 is 0.885 bits per heavy atom. The summed E-state index contributed by atoms with van der Waals surface area (Å²) in [5, 5.41) is 9.12. The maximum atomic E-state index is 13.5. The number of hydrogen-bond donors (Lipinski definition) is 5. The molecule has 0 spiro atoms. The highest BCUT2D eigenvalue weighted by Gasteiger charge is 2.27. The van der Waals surface area contributed by atoms with E-state index >= 15 is 0 Å². The number of unbranched alkanes of at least 4 members (excludes halogenated alkanes) is 3. The van der Waals surface area contributed by atoms with Crippen LogP contribution in [0.4, 0.5) is 5.69 Å². The van der Waals surface area contributed by atoms with Gasteiger partial charge in [0.05, 0.1) is 16.1 Å². The largest absolute Gasteiger partial charge is 0.368 e. The third-order valence-electron chi connectivity index (χ3n) is 9.67. The Kier molecular flexibility index (Phi) is 12.3. The number of carbonyl (C=O) groups is 3. The smallest absolute Gasteiger partial charge is 0.243 e. The van der Waals surface area contributed by atoms with Gasteiger partial charge in [-0.05, 0) is 80.1 Å². The van der Waals surface area contributed by atoms with E-state index in [1.165, 1.54) is 32.1 Å². The Hall–Kier alpha value is -5.13. The van der Waals surface area contributed by atoms with Crippen LogP contribution in [0.15, 0.2) is 101 Å². The predicted octanol–water partition coefficient (Wildman–Crippen LogP) is 5.54. The molecule has 0 saturated carbocycles. The van der Waals surface area contributed by atoms with Crippen LogP contribution < -0.4 is 31.6 Å². The van der Waals surface area contributed by atoms with Crippen LogP contribution in [0, 0.1) is 0 Å². The van der Waals surface area contributed by atoms with Gasteiger partial charge in [0.1, 0.15) is 18.6 Å². The van der Waals surface area contributed by atoms with Crippen molar-refractivity contribution in [2.45, 2.75) is 74.9 Å². The summed E-state index contributed by atoms with van der Waals surface area (Å²) in [4.78, 5) is 45.7. The summed E-state index contributed by atoms with van der Waals surface area (Å²) in [6, 6.07) is 25.2.